The Hall–Kier alpha value is -1.34. The largest absolute Gasteiger partial charge is 0.322 e. The van der Waals surface area contributed by atoms with E-state index < -0.39 is 7.59 Å². The first-order valence-corrected chi connectivity index (χ1v) is 10.6. The molecule has 0 saturated carbocycles. The lowest BCUT2D eigenvalue weighted by Crippen LogP contribution is -2.16. The number of nitrogens with zero attached hydrogens (tertiary/aromatic N) is 3. The number of hydrogen-bond donors (Lipinski definition) is 1. The van der Waals surface area contributed by atoms with Crippen LogP contribution in [0.5, 0.6) is 0 Å². The van der Waals surface area contributed by atoms with Gasteiger partial charge in [0.1, 0.15) is 0 Å². The molecular formula is C19H12Cl6N4O. The van der Waals surface area contributed by atoms with Crippen molar-refractivity contribution in [2.75, 3.05) is 5.32 Å². The van der Waals surface area contributed by atoms with E-state index >= 15 is 0 Å². The molecule has 0 aliphatic rings. The molecule has 1 aromatic heterocycles. The van der Waals surface area contributed by atoms with Crippen molar-refractivity contribution in [1.82, 2.24) is 15.0 Å². The molecule has 1 N–H and O–H groups in total. The fraction of sp³-hybridized carbons (Fsp3) is 0.158. The molecular weight excluding hydrogens is 513 g/mol. The van der Waals surface area contributed by atoms with Gasteiger partial charge in [0.15, 0.2) is 17.5 Å². The molecule has 30 heavy (non-hydrogen) atoms. The Labute approximate surface area is 202 Å². The lowest BCUT2D eigenvalue weighted by atomic mass is 10.1. The second-order valence-corrected chi connectivity index (χ2v) is 10.8. The highest BCUT2D eigenvalue weighted by Crippen LogP contribution is 2.40. The predicted molar refractivity (Wildman–Crippen MR) is 123 cm³/mol. The number of hydrogen-bond acceptors (Lipinski definition) is 4. The minimum atomic E-state index is -1.94. The summed E-state index contributed by atoms with van der Waals surface area (Å²) in [5.41, 5.74) is 2.72. The number of alkyl halides is 6. The van der Waals surface area contributed by atoms with Crippen LogP contribution in [0.15, 0.2) is 48.5 Å². The summed E-state index contributed by atoms with van der Waals surface area (Å²) in [4.78, 5) is 24.6. The molecule has 3 aromatic rings. The highest BCUT2D eigenvalue weighted by molar-refractivity contribution is 6.67. The number of aromatic nitrogens is 3. The summed E-state index contributed by atoms with van der Waals surface area (Å²) in [7, 11) is 0. The molecule has 2 aromatic carbocycles. The van der Waals surface area contributed by atoms with Crippen LogP contribution in [0.4, 0.5) is 5.69 Å². The van der Waals surface area contributed by atoms with E-state index in [-0.39, 0.29) is 23.4 Å². The Morgan fingerprint density at radius 2 is 1.27 bits per heavy atom. The van der Waals surface area contributed by atoms with Crippen LogP contribution < -0.4 is 5.32 Å². The maximum atomic E-state index is 12.4. The van der Waals surface area contributed by atoms with Gasteiger partial charge in [0.25, 0.3) is 5.91 Å². The molecule has 0 unspecified atom stereocenters. The number of rotatable bonds is 3. The van der Waals surface area contributed by atoms with Crippen LogP contribution in [-0.4, -0.2) is 20.9 Å². The van der Waals surface area contributed by atoms with Gasteiger partial charge < -0.3 is 5.32 Å². The summed E-state index contributed by atoms with van der Waals surface area (Å²) >= 11 is 35.4. The Kier molecular flexibility index (Phi) is 7.02. The first kappa shape index (κ1) is 23.3. The van der Waals surface area contributed by atoms with Crippen molar-refractivity contribution in [2.45, 2.75) is 14.5 Å². The smallest absolute Gasteiger partial charge is 0.255 e. The topological polar surface area (TPSA) is 67.8 Å². The second-order valence-electron chi connectivity index (χ2n) is 6.20. The predicted octanol–water partition coefficient (Wildman–Crippen LogP) is 6.75. The fourth-order valence-electron chi connectivity index (χ4n) is 2.37. The van der Waals surface area contributed by atoms with Crippen molar-refractivity contribution >= 4 is 81.2 Å². The average molecular weight is 525 g/mol. The molecule has 0 saturated heterocycles. The van der Waals surface area contributed by atoms with E-state index in [1.165, 1.54) is 0 Å². The van der Waals surface area contributed by atoms with Gasteiger partial charge in [-0.15, -0.1) is 0 Å². The number of carbonyl (C=O) groups excluding carboxylic acids is 1. The van der Waals surface area contributed by atoms with E-state index in [1.807, 2.05) is 19.1 Å². The summed E-state index contributed by atoms with van der Waals surface area (Å²) in [5.74, 6) is -0.463. The number of carbonyl (C=O) groups is 1. The van der Waals surface area contributed by atoms with Crippen LogP contribution >= 0.6 is 69.6 Å². The van der Waals surface area contributed by atoms with Crippen molar-refractivity contribution in [1.29, 1.82) is 0 Å². The molecule has 0 bridgehead atoms. The lowest BCUT2D eigenvalue weighted by Gasteiger charge is -2.15. The first-order chi connectivity index (χ1) is 13.9. The minimum Gasteiger partial charge on any atom is -0.322 e. The number of benzene rings is 2. The zero-order chi connectivity index (χ0) is 22.1. The number of anilines is 1. The number of aryl methyl sites for hydroxylation is 1. The molecule has 0 radical (unpaired) electrons. The molecule has 0 spiro atoms. The summed E-state index contributed by atoms with van der Waals surface area (Å²) < 4.78 is -3.88. The Morgan fingerprint density at radius 1 is 0.767 bits per heavy atom. The number of amides is 1. The SMILES string of the molecule is Cc1ccc(C(=O)Nc2ccc(-c3nc(C(Cl)(Cl)Cl)nc(C(Cl)(Cl)Cl)n3)cc2)cc1. The first-order valence-electron chi connectivity index (χ1n) is 8.32. The molecule has 5 nitrogen and oxygen atoms in total. The van der Waals surface area contributed by atoms with Crippen molar-refractivity contribution in [3.8, 4) is 11.4 Å². The van der Waals surface area contributed by atoms with E-state index in [4.69, 9.17) is 69.6 Å². The van der Waals surface area contributed by atoms with Gasteiger partial charge in [0.2, 0.25) is 7.59 Å². The second kappa shape index (κ2) is 9.03. The monoisotopic (exact) mass is 522 g/mol. The van der Waals surface area contributed by atoms with Crippen molar-refractivity contribution < 1.29 is 4.79 Å². The Balaban J connectivity index is 1.88. The lowest BCUT2D eigenvalue weighted by molar-refractivity contribution is 0.102. The fourth-order valence-corrected chi connectivity index (χ4v) is 2.88. The third kappa shape index (κ3) is 5.88. The van der Waals surface area contributed by atoms with Crippen LogP contribution in [0, 0.1) is 6.92 Å². The van der Waals surface area contributed by atoms with E-state index in [9.17, 15) is 4.79 Å². The quantitative estimate of drug-likeness (QED) is 0.385. The van der Waals surface area contributed by atoms with Gasteiger partial charge in [-0.3, -0.25) is 4.79 Å². The summed E-state index contributed by atoms with van der Waals surface area (Å²) in [6.07, 6.45) is 0. The van der Waals surface area contributed by atoms with Gasteiger partial charge in [0.05, 0.1) is 0 Å². The molecule has 0 atom stereocenters. The highest BCUT2D eigenvalue weighted by Gasteiger charge is 2.34. The highest BCUT2D eigenvalue weighted by atomic mass is 35.6. The van der Waals surface area contributed by atoms with Gasteiger partial charge in [0, 0.05) is 16.8 Å². The van der Waals surface area contributed by atoms with Gasteiger partial charge in [-0.2, -0.15) is 0 Å². The van der Waals surface area contributed by atoms with E-state index in [0.717, 1.165) is 5.56 Å². The van der Waals surface area contributed by atoms with Crippen LogP contribution in [0.2, 0.25) is 0 Å². The van der Waals surface area contributed by atoms with Crippen LogP contribution in [0.3, 0.4) is 0 Å². The Bertz CT molecular complexity index is 1030. The van der Waals surface area contributed by atoms with Crippen molar-refractivity contribution in [2.24, 2.45) is 0 Å². The zero-order valence-electron chi connectivity index (χ0n) is 15.1. The van der Waals surface area contributed by atoms with Crippen molar-refractivity contribution in [3.05, 3.63) is 71.3 Å². The number of halogens is 6. The maximum Gasteiger partial charge on any atom is 0.255 e. The summed E-state index contributed by atoms with van der Waals surface area (Å²) in [5, 5.41) is 2.81. The molecule has 3 rings (SSSR count). The summed E-state index contributed by atoms with van der Waals surface area (Å²) in [6, 6.07) is 13.9. The minimum absolute atomic E-state index is 0.143. The molecule has 156 valence electrons. The number of nitrogens with one attached hydrogen (secondary N) is 1. The van der Waals surface area contributed by atoms with Gasteiger partial charge in [-0.1, -0.05) is 87.3 Å². The van der Waals surface area contributed by atoms with Gasteiger partial charge >= 0.3 is 0 Å². The standard InChI is InChI=1S/C19H12Cl6N4O/c1-10-2-4-12(5-3-10)15(30)26-13-8-6-11(7-9-13)14-27-16(18(20,21)22)29-17(28-14)19(23,24)25/h2-9H,1H3,(H,26,30). The third-order valence-corrected chi connectivity index (χ3v) is 4.87. The third-order valence-electron chi connectivity index (χ3n) is 3.86. The molecule has 0 aliphatic heterocycles. The van der Waals surface area contributed by atoms with Gasteiger partial charge in [-0.25, -0.2) is 15.0 Å². The van der Waals surface area contributed by atoms with Gasteiger partial charge in [-0.05, 0) is 43.3 Å². The molecule has 11 heteroatoms. The van der Waals surface area contributed by atoms with E-state index in [1.54, 1.807) is 36.4 Å². The summed E-state index contributed by atoms with van der Waals surface area (Å²) in [6.45, 7) is 1.95. The van der Waals surface area contributed by atoms with Crippen LogP contribution in [0.1, 0.15) is 27.6 Å². The average Bonchev–Trinajstić information content (AvgIpc) is 2.67. The van der Waals surface area contributed by atoms with E-state index in [2.05, 4.69) is 20.3 Å². The molecule has 1 heterocycles. The van der Waals surface area contributed by atoms with E-state index in [0.29, 0.717) is 16.8 Å². The molecule has 1 amide bonds. The van der Waals surface area contributed by atoms with Crippen LogP contribution in [0.25, 0.3) is 11.4 Å². The molecule has 0 fully saturated rings. The zero-order valence-corrected chi connectivity index (χ0v) is 19.7. The molecule has 0 aliphatic carbocycles. The van der Waals surface area contributed by atoms with Crippen LogP contribution in [-0.2, 0) is 7.59 Å². The maximum absolute atomic E-state index is 12.4. The Morgan fingerprint density at radius 3 is 1.73 bits per heavy atom. The normalized spacial score (nSPS) is 12.0. The van der Waals surface area contributed by atoms with Crippen molar-refractivity contribution in [3.63, 3.8) is 0 Å².